The first-order valence-corrected chi connectivity index (χ1v) is 9.77. The van der Waals surface area contributed by atoms with Crippen molar-refractivity contribution < 1.29 is 14.3 Å². The van der Waals surface area contributed by atoms with Crippen molar-refractivity contribution in [1.29, 1.82) is 0 Å². The van der Waals surface area contributed by atoms with Crippen LogP contribution < -0.4 is 5.32 Å². The van der Waals surface area contributed by atoms with Gasteiger partial charge in [-0.3, -0.25) is 9.59 Å². The zero-order valence-electron chi connectivity index (χ0n) is 14.5. The van der Waals surface area contributed by atoms with Crippen molar-refractivity contribution in [3.05, 3.63) is 34.3 Å². The number of carbonyl (C=O) groups excluding carboxylic acids is 2. The zero-order valence-corrected chi connectivity index (χ0v) is 16.1. The normalized spacial score (nSPS) is 24.3. The summed E-state index contributed by atoms with van der Waals surface area (Å²) in [5.74, 6) is -0.0277. The predicted molar refractivity (Wildman–Crippen MR) is 99.0 cm³/mol. The first-order valence-electron chi connectivity index (χ1n) is 8.98. The molecule has 0 aromatic heterocycles. The zero-order chi connectivity index (χ0) is 17.8. The van der Waals surface area contributed by atoms with Crippen LogP contribution in [0.1, 0.15) is 50.6 Å². The van der Waals surface area contributed by atoms with Gasteiger partial charge in [0.25, 0.3) is 0 Å². The Hall–Kier alpha value is -1.40. The second kappa shape index (κ2) is 8.32. The van der Waals surface area contributed by atoms with Crippen LogP contribution in [0.4, 0.5) is 0 Å². The van der Waals surface area contributed by atoms with E-state index in [1.165, 1.54) is 13.3 Å². The van der Waals surface area contributed by atoms with Crippen molar-refractivity contribution in [1.82, 2.24) is 10.2 Å². The van der Waals surface area contributed by atoms with Gasteiger partial charge in [0, 0.05) is 17.9 Å². The summed E-state index contributed by atoms with van der Waals surface area (Å²) in [4.78, 5) is 26.6. The number of ether oxygens (including phenoxy) is 1. The largest absolute Gasteiger partial charge is 0.374 e. The van der Waals surface area contributed by atoms with Crippen LogP contribution in [0.25, 0.3) is 0 Å². The number of halogens is 1. The maximum Gasteiger partial charge on any atom is 0.225 e. The molecular weight excluding hydrogens is 384 g/mol. The third-order valence-corrected chi connectivity index (χ3v) is 5.61. The average molecular weight is 409 g/mol. The van der Waals surface area contributed by atoms with Crippen LogP contribution in [0.2, 0.25) is 0 Å². The summed E-state index contributed by atoms with van der Waals surface area (Å²) in [6, 6.07) is 7.64. The molecule has 1 saturated heterocycles. The van der Waals surface area contributed by atoms with Crippen LogP contribution >= 0.6 is 15.9 Å². The van der Waals surface area contributed by atoms with E-state index in [1.54, 1.807) is 0 Å². The molecule has 2 fully saturated rings. The Bertz CT molecular complexity index is 618. The minimum absolute atomic E-state index is 0.0990. The number of morpholine rings is 1. The fourth-order valence-electron chi connectivity index (χ4n) is 3.89. The van der Waals surface area contributed by atoms with Gasteiger partial charge in [0.15, 0.2) is 0 Å². The van der Waals surface area contributed by atoms with Crippen LogP contribution in [-0.2, 0) is 14.3 Å². The van der Waals surface area contributed by atoms with Crippen molar-refractivity contribution in [3.8, 4) is 0 Å². The Labute approximate surface area is 157 Å². The third kappa shape index (κ3) is 4.61. The Morgan fingerprint density at radius 1 is 1.28 bits per heavy atom. The van der Waals surface area contributed by atoms with Crippen molar-refractivity contribution >= 4 is 27.7 Å². The van der Waals surface area contributed by atoms with Gasteiger partial charge in [0.2, 0.25) is 11.8 Å². The van der Waals surface area contributed by atoms with E-state index >= 15 is 0 Å². The topological polar surface area (TPSA) is 58.6 Å². The van der Waals surface area contributed by atoms with Crippen molar-refractivity contribution in [2.45, 2.75) is 57.2 Å². The van der Waals surface area contributed by atoms with E-state index in [1.807, 2.05) is 29.2 Å². The van der Waals surface area contributed by atoms with Gasteiger partial charge < -0.3 is 15.0 Å². The summed E-state index contributed by atoms with van der Waals surface area (Å²) in [6.07, 6.45) is 4.84. The summed E-state index contributed by atoms with van der Waals surface area (Å²) in [6.45, 7) is 2.74. The van der Waals surface area contributed by atoms with E-state index < -0.39 is 0 Å². The van der Waals surface area contributed by atoms with Gasteiger partial charge in [-0.25, -0.2) is 0 Å². The number of amides is 2. The summed E-state index contributed by atoms with van der Waals surface area (Å²) in [7, 11) is 0. The highest BCUT2D eigenvalue weighted by molar-refractivity contribution is 9.10. The van der Waals surface area contributed by atoms with Gasteiger partial charge in [0.05, 0.1) is 31.2 Å². The molecule has 0 radical (unpaired) electrons. The molecule has 5 nitrogen and oxygen atoms in total. The molecule has 6 heteroatoms. The Morgan fingerprint density at radius 2 is 2.00 bits per heavy atom. The monoisotopic (exact) mass is 408 g/mol. The third-order valence-electron chi connectivity index (χ3n) is 5.08. The molecule has 1 N–H and O–H groups in total. The molecule has 3 rings (SSSR count). The quantitative estimate of drug-likeness (QED) is 0.831. The number of rotatable bonds is 4. The lowest BCUT2D eigenvalue weighted by molar-refractivity contribution is -0.150. The number of benzene rings is 1. The first kappa shape index (κ1) is 18.4. The minimum atomic E-state index is -0.303. The van der Waals surface area contributed by atoms with Gasteiger partial charge >= 0.3 is 0 Å². The van der Waals surface area contributed by atoms with E-state index in [0.717, 1.165) is 29.3 Å². The lowest BCUT2D eigenvalue weighted by atomic mass is 9.89. The molecule has 2 aliphatic rings. The van der Waals surface area contributed by atoms with Crippen LogP contribution in [0, 0.1) is 0 Å². The number of fused-ring (bicyclic) bond motifs is 1. The fraction of sp³-hybridized carbons (Fsp3) is 0.579. The van der Waals surface area contributed by atoms with E-state index in [-0.39, 0.29) is 36.4 Å². The molecule has 2 amide bonds. The molecular formula is C19H25BrN2O3. The molecule has 1 aliphatic heterocycles. The average Bonchev–Trinajstić information content (AvgIpc) is 2.61. The number of hydrogen-bond donors (Lipinski definition) is 1. The van der Waals surface area contributed by atoms with Gasteiger partial charge in [-0.2, -0.15) is 0 Å². The van der Waals surface area contributed by atoms with E-state index in [9.17, 15) is 9.59 Å². The maximum atomic E-state index is 13.0. The minimum Gasteiger partial charge on any atom is -0.374 e. The molecule has 25 heavy (non-hydrogen) atoms. The maximum absolute atomic E-state index is 13.0. The first-order chi connectivity index (χ1) is 12.0. The van der Waals surface area contributed by atoms with Crippen molar-refractivity contribution in [3.63, 3.8) is 0 Å². The number of carbonyl (C=O) groups is 2. The van der Waals surface area contributed by atoms with Crippen LogP contribution in [-0.4, -0.2) is 42.0 Å². The Kier molecular flexibility index (Phi) is 6.12. The van der Waals surface area contributed by atoms with E-state index in [4.69, 9.17) is 4.74 Å². The molecule has 1 aromatic rings. The second-order valence-corrected chi connectivity index (χ2v) is 7.77. The van der Waals surface area contributed by atoms with Gasteiger partial charge in [-0.1, -0.05) is 40.9 Å². The summed E-state index contributed by atoms with van der Waals surface area (Å²) >= 11 is 3.42. The second-order valence-electron chi connectivity index (χ2n) is 6.86. The number of nitrogens with zero attached hydrogens (tertiary/aromatic N) is 1. The highest BCUT2D eigenvalue weighted by Gasteiger charge is 2.37. The Balaban J connectivity index is 1.72. The lowest BCUT2D eigenvalue weighted by Gasteiger charge is -2.44. The predicted octanol–water partition coefficient (Wildman–Crippen LogP) is 3.19. The molecule has 1 aromatic carbocycles. The number of hydrogen-bond acceptors (Lipinski definition) is 3. The SMILES string of the molecule is CC(=O)NC(CC(=O)N1CCOC2CCCCC21)c1ccc(Br)cc1. The molecule has 0 bridgehead atoms. The van der Waals surface area contributed by atoms with E-state index in [0.29, 0.717) is 13.2 Å². The molecule has 3 unspecified atom stereocenters. The highest BCUT2D eigenvalue weighted by atomic mass is 79.9. The van der Waals surface area contributed by atoms with Crippen molar-refractivity contribution in [2.75, 3.05) is 13.2 Å². The van der Waals surface area contributed by atoms with E-state index in [2.05, 4.69) is 21.2 Å². The Morgan fingerprint density at radius 3 is 2.72 bits per heavy atom. The summed E-state index contributed by atoms with van der Waals surface area (Å²) < 4.78 is 6.84. The van der Waals surface area contributed by atoms with Crippen LogP contribution in [0.5, 0.6) is 0 Å². The fourth-order valence-corrected chi connectivity index (χ4v) is 4.15. The summed E-state index contributed by atoms with van der Waals surface area (Å²) in [5.41, 5.74) is 0.945. The van der Waals surface area contributed by atoms with Crippen LogP contribution in [0.15, 0.2) is 28.7 Å². The molecule has 136 valence electrons. The smallest absolute Gasteiger partial charge is 0.225 e. The molecule has 0 spiro atoms. The molecule has 1 aliphatic carbocycles. The summed E-state index contributed by atoms with van der Waals surface area (Å²) in [5, 5.41) is 2.92. The van der Waals surface area contributed by atoms with Gasteiger partial charge in [-0.15, -0.1) is 0 Å². The van der Waals surface area contributed by atoms with Gasteiger partial charge in [0.1, 0.15) is 0 Å². The molecule has 3 atom stereocenters. The molecule has 1 saturated carbocycles. The standard InChI is InChI=1S/C19H25BrN2O3/c1-13(23)21-16(14-6-8-15(20)9-7-14)12-19(24)22-10-11-25-18-5-3-2-4-17(18)22/h6-9,16-18H,2-5,10-12H2,1H3,(H,21,23). The van der Waals surface area contributed by atoms with Crippen molar-refractivity contribution in [2.24, 2.45) is 0 Å². The number of nitrogens with one attached hydrogen (secondary N) is 1. The van der Waals surface area contributed by atoms with Gasteiger partial charge in [-0.05, 0) is 30.5 Å². The van der Waals surface area contributed by atoms with Crippen LogP contribution in [0.3, 0.4) is 0 Å². The highest BCUT2D eigenvalue weighted by Crippen LogP contribution is 2.30. The lowest BCUT2D eigenvalue weighted by Crippen LogP contribution is -2.55. The molecule has 1 heterocycles.